The Kier molecular flexibility index (Phi) is 7.41. The SMILES string of the molecule is CN=C(C(=O)NC(C)(CO)C(N)=O)c1cc(OCc2cccnc2C(F)(F)F)ccc1N. The van der Waals surface area contributed by atoms with Crippen molar-refractivity contribution in [2.45, 2.75) is 25.2 Å². The van der Waals surface area contributed by atoms with Crippen molar-refractivity contribution < 1.29 is 32.6 Å². The Hall–Kier alpha value is -3.67. The van der Waals surface area contributed by atoms with Gasteiger partial charge in [-0.15, -0.1) is 0 Å². The van der Waals surface area contributed by atoms with Crippen LogP contribution in [0.5, 0.6) is 5.75 Å². The number of ether oxygens (including phenoxy) is 1. The molecule has 9 nitrogen and oxygen atoms in total. The number of hydrogen-bond acceptors (Lipinski definition) is 7. The number of hydrogen-bond donors (Lipinski definition) is 4. The molecule has 0 radical (unpaired) electrons. The molecule has 1 aromatic carbocycles. The average molecular weight is 453 g/mol. The Morgan fingerprint density at radius 3 is 2.53 bits per heavy atom. The number of halogens is 3. The maximum absolute atomic E-state index is 13.1. The summed E-state index contributed by atoms with van der Waals surface area (Å²) in [6.07, 6.45) is -3.62. The van der Waals surface area contributed by atoms with E-state index in [0.29, 0.717) is 0 Å². The van der Waals surface area contributed by atoms with Gasteiger partial charge in [-0.3, -0.25) is 19.6 Å². The number of alkyl halides is 3. The number of aliphatic hydroxyl groups excluding tert-OH is 1. The van der Waals surface area contributed by atoms with Gasteiger partial charge in [0.2, 0.25) is 5.91 Å². The van der Waals surface area contributed by atoms with Gasteiger partial charge in [0.1, 0.15) is 23.6 Å². The number of nitrogens with two attached hydrogens (primary N) is 2. The molecule has 0 saturated carbocycles. The summed E-state index contributed by atoms with van der Waals surface area (Å²) in [5.74, 6) is -1.70. The zero-order valence-corrected chi connectivity index (χ0v) is 17.2. The van der Waals surface area contributed by atoms with Crippen LogP contribution in [0.4, 0.5) is 18.9 Å². The monoisotopic (exact) mass is 453 g/mol. The van der Waals surface area contributed by atoms with Crippen molar-refractivity contribution in [1.29, 1.82) is 0 Å². The van der Waals surface area contributed by atoms with Crippen LogP contribution < -0.4 is 21.5 Å². The fraction of sp³-hybridized carbons (Fsp3) is 0.300. The molecule has 0 fully saturated rings. The molecule has 6 N–H and O–H groups in total. The molecule has 1 unspecified atom stereocenters. The summed E-state index contributed by atoms with van der Waals surface area (Å²) in [5.41, 5.74) is 8.18. The molecule has 172 valence electrons. The second kappa shape index (κ2) is 9.64. The Bertz CT molecular complexity index is 1040. The molecule has 12 heteroatoms. The van der Waals surface area contributed by atoms with Gasteiger partial charge in [-0.05, 0) is 31.2 Å². The normalized spacial score (nSPS) is 13.9. The molecule has 0 aliphatic rings. The summed E-state index contributed by atoms with van der Waals surface area (Å²) in [6, 6.07) is 6.71. The Morgan fingerprint density at radius 2 is 1.97 bits per heavy atom. The van der Waals surface area contributed by atoms with Crippen molar-refractivity contribution >= 4 is 23.2 Å². The maximum Gasteiger partial charge on any atom is 0.433 e. The third-order valence-electron chi connectivity index (χ3n) is 4.52. The number of pyridine rings is 1. The van der Waals surface area contributed by atoms with E-state index >= 15 is 0 Å². The van der Waals surface area contributed by atoms with Gasteiger partial charge in [0.05, 0.1) is 6.61 Å². The van der Waals surface area contributed by atoms with Crippen molar-refractivity contribution in [3.05, 3.63) is 53.3 Å². The van der Waals surface area contributed by atoms with Crippen LogP contribution in [0.1, 0.15) is 23.7 Å². The Labute approximate surface area is 181 Å². The second-order valence-corrected chi connectivity index (χ2v) is 6.93. The molecule has 1 heterocycles. The standard InChI is InChI=1S/C20H22F3N5O4/c1-19(10-29,18(25)31)28-17(30)15(26-2)13-8-12(5-6-14(13)24)32-9-11-4-3-7-27-16(11)20(21,22)23/h3-8,29H,9-10,24H2,1-2H3,(H2,25,31)(H,28,30). The van der Waals surface area contributed by atoms with E-state index in [4.69, 9.17) is 16.2 Å². The van der Waals surface area contributed by atoms with Crippen molar-refractivity contribution in [1.82, 2.24) is 10.3 Å². The first-order valence-corrected chi connectivity index (χ1v) is 9.16. The molecule has 1 atom stereocenters. The fourth-order valence-electron chi connectivity index (χ4n) is 2.63. The number of nitrogens with one attached hydrogen (secondary N) is 1. The summed E-state index contributed by atoms with van der Waals surface area (Å²) < 4.78 is 44.8. The predicted octanol–water partition coefficient (Wildman–Crippen LogP) is 1.03. The van der Waals surface area contributed by atoms with Gasteiger partial charge in [0.25, 0.3) is 5.91 Å². The molecular formula is C20H22F3N5O4. The van der Waals surface area contributed by atoms with Gasteiger partial charge < -0.3 is 26.6 Å². The van der Waals surface area contributed by atoms with Crippen molar-refractivity contribution in [2.75, 3.05) is 19.4 Å². The molecule has 2 aromatic rings. The van der Waals surface area contributed by atoms with E-state index in [0.717, 1.165) is 6.20 Å². The largest absolute Gasteiger partial charge is 0.489 e. The number of nitrogen functional groups attached to an aromatic ring is 1. The van der Waals surface area contributed by atoms with E-state index in [2.05, 4.69) is 15.3 Å². The molecule has 1 aromatic heterocycles. The molecule has 32 heavy (non-hydrogen) atoms. The number of aromatic nitrogens is 1. The zero-order chi connectivity index (χ0) is 24.1. The van der Waals surface area contributed by atoms with E-state index in [1.165, 1.54) is 44.3 Å². The van der Waals surface area contributed by atoms with Crippen LogP contribution >= 0.6 is 0 Å². The number of benzene rings is 1. The van der Waals surface area contributed by atoms with Crippen LogP contribution in [0.25, 0.3) is 0 Å². The summed E-state index contributed by atoms with van der Waals surface area (Å²) >= 11 is 0. The molecule has 0 aliphatic heterocycles. The maximum atomic E-state index is 13.1. The molecule has 0 saturated heterocycles. The Balaban J connectivity index is 2.29. The lowest BCUT2D eigenvalue weighted by Gasteiger charge is -2.25. The molecule has 0 bridgehead atoms. The third-order valence-corrected chi connectivity index (χ3v) is 4.52. The topological polar surface area (TPSA) is 153 Å². The van der Waals surface area contributed by atoms with E-state index < -0.39 is 42.4 Å². The number of carbonyl (C=O) groups is 2. The summed E-state index contributed by atoms with van der Waals surface area (Å²) in [4.78, 5) is 31.5. The lowest BCUT2D eigenvalue weighted by atomic mass is 10.0. The number of anilines is 1. The van der Waals surface area contributed by atoms with Crippen LogP contribution in [0, 0.1) is 0 Å². The number of aliphatic imine (C=N–C) groups is 1. The molecular weight excluding hydrogens is 431 g/mol. The highest BCUT2D eigenvalue weighted by Gasteiger charge is 2.35. The smallest absolute Gasteiger partial charge is 0.433 e. The van der Waals surface area contributed by atoms with Crippen molar-refractivity contribution in [3.63, 3.8) is 0 Å². The van der Waals surface area contributed by atoms with Gasteiger partial charge >= 0.3 is 6.18 Å². The highest BCUT2D eigenvalue weighted by Crippen LogP contribution is 2.31. The second-order valence-electron chi connectivity index (χ2n) is 6.93. The lowest BCUT2D eigenvalue weighted by Crippen LogP contribution is -2.59. The van der Waals surface area contributed by atoms with Crippen LogP contribution in [0.3, 0.4) is 0 Å². The van der Waals surface area contributed by atoms with E-state index in [9.17, 15) is 27.9 Å². The van der Waals surface area contributed by atoms with Crippen LogP contribution in [-0.2, 0) is 22.4 Å². The zero-order valence-electron chi connectivity index (χ0n) is 17.2. The number of rotatable bonds is 8. The van der Waals surface area contributed by atoms with Crippen LogP contribution in [0.2, 0.25) is 0 Å². The van der Waals surface area contributed by atoms with Gasteiger partial charge in [-0.1, -0.05) is 6.07 Å². The minimum absolute atomic E-state index is 0.106. The summed E-state index contributed by atoms with van der Waals surface area (Å²) in [6.45, 7) is 0.0347. The summed E-state index contributed by atoms with van der Waals surface area (Å²) in [5, 5.41) is 11.7. The van der Waals surface area contributed by atoms with Crippen molar-refractivity contribution in [3.8, 4) is 5.75 Å². The molecule has 2 rings (SSSR count). The van der Waals surface area contributed by atoms with Gasteiger partial charge in [-0.25, -0.2) is 0 Å². The minimum Gasteiger partial charge on any atom is -0.489 e. The number of aliphatic hydroxyl groups is 1. The van der Waals surface area contributed by atoms with Gasteiger partial charge in [0.15, 0.2) is 5.69 Å². The number of amides is 2. The predicted molar refractivity (Wildman–Crippen MR) is 110 cm³/mol. The number of carbonyl (C=O) groups excluding carboxylic acids is 2. The Morgan fingerprint density at radius 1 is 1.28 bits per heavy atom. The molecule has 2 amide bonds. The summed E-state index contributed by atoms with van der Waals surface area (Å²) in [7, 11) is 1.30. The number of nitrogens with zero attached hydrogens (tertiary/aromatic N) is 2. The van der Waals surface area contributed by atoms with E-state index in [-0.39, 0.29) is 28.3 Å². The highest BCUT2D eigenvalue weighted by molar-refractivity contribution is 6.46. The average Bonchev–Trinajstić information content (AvgIpc) is 2.73. The minimum atomic E-state index is -4.65. The molecule has 0 aliphatic carbocycles. The fourth-order valence-corrected chi connectivity index (χ4v) is 2.63. The van der Waals surface area contributed by atoms with Gasteiger partial charge in [-0.2, -0.15) is 13.2 Å². The lowest BCUT2D eigenvalue weighted by molar-refractivity contribution is -0.142. The first kappa shape index (κ1) is 24.6. The van der Waals surface area contributed by atoms with E-state index in [1.54, 1.807) is 0 Å². The van der Waals surface area contributed by atoms with Crippen LogP contribution in [-0.4, -0.2) is 46.8 Å². The van der Waals surface area contributed by atoms with Gasteiger partial charge in [0, 0.05) is 30.1 Å². The first-order chi connectivity index (χ1) is 14.9. The van der Waals surface area contributed by atoms with Crippen LogP contribution in [0.15, 0.2) is 41.5 Å². The van der Waals surface area contributed by atoms with E-state index in [1.807, 2.05) is 0 Å². The quantitative estimate of drug-likeness (QED) is 0.346. The molecule has 0 spiro atoms. The third kappa shape index (κ3) is 5.52. The number of primary amides is 1. The highest BCUT2D eigenvalue weighted by atomic mass is 19.4. The van der Waals surface area contributed by atoms with Crippen molar-refractivity contribution in [2.24, 2.45) is 10.7 Å². The first-order valence-electron chi connectivity index (χ1n) is 9.16.